The SMILES string of the molecule is C=C(CN1CCOCC1)Oc1ccccc1/N=N/c1ccc(NC(=O)CNC)nc1N. The molecule has 0 unspecified atom stereocenters. The molecule has 0 spiro atoms. The maximum absolute atomic E-state index is 11.6. The molecule has 1 aromatic heterocycles. The Morgan fingerprint density at radius 2 is 1.97 bits per heavy atom. The maximum atomic E-state index is 11.6. The Balaban J connectivity index is 1.65. The van der Waals surface area contributed by atoms with Crippen LogP contribution in [0.3, 0.4) is 0 Å². The molecule has 1 amide bonds. The molecule has 10 heteroatoms. The van der Waals surface area contributed by atoms with Crippen molar-refractivity contribution in [3.63, 3.8) is 0 Å². The third-order valence-electron chi connectivity index (χ3n) is 4.40. The number of pyridine rings is 1. The highest BCUT2D eigenvalue weighted by atomic mass is 16.5. The number of hydrogen-bond donors (Lipinski definition) is 3. The fraction of sp³-hybridized carbons (Fsp3) is 0.333. The summed E-state index contributed by atoms with van der Waals surface area (Å²) in [6, 6.07) is 10.5. The second kappa shape index (κ2) is 11.2. The van der Waals surface area contributed by atoms with Crippen molar-refractivity contribution in [1.29, 1.82) is 0 Å². The molecule has 1 fully saturated rings. The zero-order valence-electron chi connectivity index (χ0n) is 17.5. The minimum atomic E-state index is -0.216. The fourth-order valence-electron chi connectivity index (χ4n) is 2.90. The molecule has 1 aromatic carbocycles. The Labute approximate surface area is 181 Å². The van der Waals surface area contributed by atoms with Gasteiger partial charge in [-0.1, -0.05) is 18.7 Å². The molecule has 3 rings (SSSR count). The van der Waals surface area contributed by atoms with Gasteiger partial charge in [-0.25, -0.2) is 4.98 Å². The van der Waals surface area contributed by atoms with Gasteiger partial charge in [0.1, 0.15) is 23.0 Å². The monoisotopic (exact) mass is 425 g/mol. The van der Waals surface area contributed by atoms with Crippen molar-refractivity contribution in [3.8, 4) is 5.75 Å². The van der Waals surface area contributed by atoms with Gasteiger partial charge in [0.25, 0.3) is 0 Å². The predicted octanol–water partition coefficient (Wildman–Crippen LogP) is 2.46. The van der Waals surface area contributed by atoms with Crippen LogP contribution in [0.25, 0.3) is 0 Å². The Morgan fingerprint density at radius 3 is 2.71 bits per heavy atom. The van der Waals surface area contributed by atoms with Gasteiger partial charge in [-0.05, 0) is 31.3 Å². The number of azo groups is 1. The molecule has 2 heterocycles. The molecular formula is C21H27N7O3. The lowest BCUT2D eigenvalue weighted by Gasteiger charge is -2.27. The number of nitrogens with zero attached hydrogens (tertiary/aromatic N) is 4. The van der Waals surface area contributed by atoms with E-state index in [4.69, 9.17) is 15.2 Å². The Hall–Kier alpha value is -3.34. The number of morpholine rings is 1. The number of carbonyl (C=O) groups excluding carboxylic acids is 1. The van der Waals surface area contributed by atoms with Crippen molar-refractivity contribution in [2.75, 3.05) is 57.5 Å². The van der Waals surface area contributed by atoms with Gasteiger partial charge in [-0.2, -0.15) is 0 Å². The number of carbonyl (C=O) groups is 1. The van der Waals surface area contributed by atoms with Crippen molar-refractivity contribution in [1.82, 2.24) is 15.2 Å². The first-order valence-electron chi connectivity index (χ1n) is 9.92. The maximum Gasteiger partial charge on any atom is 0.239 e. The highest BCUT2D eigenvalue weighted by Gasteiger charge is 2.13. The molecule has 1 saturated heterocycles. The number of likely N-dealkylation sites (N-methyl/N-ethyl adjacent to an activating group) is 1. The van der Waals surface area contributed by atoms with E-state index in [1.807, 2.05) is 12.1 Å². The summed E-state index contributed by atoms with van der Waals surface area (Å²) in [7, 11) is 1.68. The van der Waals surface area contributed by atoms with E-state index in [9.17, 15) is 4.79 Å². The third-order valence-corrected chi connectivity index (χ3v) is 4.40. The van der Waals surface area contributed by atoms with Crippen LogP contribution in [0, 0.1) is 0 Å². The number of benzene rings is 1. The number of hydrogen-bond acceptors (Lipinski definition) is 9. The van der Waals surface area contributed by atoms with Gasteiger partial charge in [0.2, 0.25) is 5.91 Å². The van der Waals surface area contributed by atoms with Gasteiger partial charge < -0.3 is 25.8 Å². The molecule has 164 valence electrons. The molecule has 0 saturated carbocycles. The normalized spacial score (nSPS) is 14.5. The Kier molecular flexibility index (Phi) is 8.05. The minimum absolute atomic E-state index is 0.154. The molecule has 1 aliphatic heterocycles. The van der Waals surface area contributed by atoms with Crippen LogP contribution in [0.2, 0.25) is 0 Å². The number of para-hydroxylation sites is 1. The number of ether oxygens (including phenoxy) is 2. The summed E-state index contributed by atoms with van der Waals surface area (Å²) in [5.41, 5.74) is 6.89. The van der Waals surface area contributed by atoms with E-state index in [0.717, 1.165) is 13.1 Å². The zero-order chi connectivity index (χ0) is 22.1. The third kappa shape index (κ3) is 6.85. The van der Waals surface area contributed by atoms with E-state index in [-0.39, 0.29) is 18.3 Å². The van der Waals surface area contributed by atoms with Crippen LogP contribution < -0.4 is 21.1 Å². The van der Waals surface area contributed by atoms with E-state index in [1.54, 1.807) is 31.3 Å². The molecule has 0 bridgehead atoms. The lowest BCUT2D eigenvalue weighted by Crippen LogP contribution is -2.37. The highest BCUT2D eigenvalue weighted by Crippen LogP contribution is 2.31. The van der Waals surface area contributed by atoms with Crippen LogP contribution in [0.4, 0.5) is 23.0 Å². The van der Waals surface area contributed by atoms with Gasteiger partial charge in [-0.3, -0.25) is 9.69 Å². The summed E-state index contributed by atoms with van der Waals surface area (Å²) in [5.74, 6) is 1.45. The molecule has 1 aliphatic rings. The van der Waals surface area contributed by atoms with Gasteiger partial charge >= 0.3 is 0 Å². The van der Waals surface area contributed by atoms with Gasteiger partial charge in [0.15, 0.2) is 11.6 Å². The predicted molar refractivity (Wildman–Crippen MR) is 119 cm³/mol. The first-order valence-corrected chi connectivity index (χ1v) is 9.92. The van der Waals surface area contributed by atoms with Crippen LogP contribution in [0.5, 0.6) is 5.75 Å². The number of nitrogen functional groups attached to an aromatic ring is 1. The summed E-state index contributed by atoms with van der Waals surface area (Å²) >= 11 is 0. The summed E-state index contributed by atoms with van der Waals surface area (Å²) < 4.78 is 11.3. The van der Waals surface area contributed by atoms with E-state index in [0.29, 0.717) is 48.5 Å². The Morgan fingerprint density at radius 1 is 1.23 bits per heavy atom. The number of nitrogens with one attached hydrogen (secondary N) is 2. The zero-order valence-corrected chi connectivity index (χ0v) is 17.5. The second-order valence-corrected chi connectivity index (χ2v) is 6.88. The molecule has 10 nitrogen and oxygen atoms in total. The standard InChI is InChI=1S/C21H27N7O3/c1-15(14-28-9-11-30-12-10-28)31-18-6-4-3-5-16(18)26-27-17-7-8-19(25-21(17)22)24-20(29)13-23-2/h3-8,23H,1,9-14H2,2H3,(H3,22,24,25,29)/b27-26+. The van der Waals surface area contributed by atoms with E-state index >= 15 is 0 Å². The van der Waals surface area contributed by atoms with Crippen LogP contribution >= 0.6 is 0 Å². The van der Waals surface area contributed by atoms with E-state index in [1.165, 1.54) is 0 Å². The molecule has 0 aliphatic carbocycles. The first kappa shape index (κ1) is 22.3. The average Bonchev–Trinajstić information content (AvgIpc) is 2.75. The lowest BCUT2D eigenvalue weighted by atomic mass is 10.3. The van der Waals surface area contributed by atoms with Crippen molar-refractivity contribution in [3.05, 3.63) is 48.7 Å². The first-order chi connectivity index (χ1) is 15.0. The van der Waals surface area contributed by atoms with Crippen LogP contribution in [0.1, 0.15) is 0 Å². The minimum Gasteiger partial charge on any atom is -0.459 e. The molecule has 31 heavy (non-hydrogen) atoms. The number of amides is 1. The van der Waals surface area contributed by atoms with Crippen LogP contribution in [-0.2, 0) is 9.53 Å². The lowest BCUT2D eigenvalue weighted by molar-refractivity contribution is -0.115. The summed E-state index contributed by atoms with van der Waals surface area (Å²) in [4.78, 5) is 18.0. The molecule has 0 atom stereocenters. The summed E-state index contributed by atoms with van der Waals surface area (Å²) in [6.07, 6.45) is 0. The topological polar surface area (TPSA) is 126 Å². The summed E-state index contributed by atoms with van der Waals surface area (Å²) in [6.45, 7) is 7.94. The van der Waals surface area contributed by atoms with Gasteiger partial charge in [0, 0.05) is 13.1 Å². The molecular weight excluding hydrogens is 398 g/mol. The number of aromatic nitrogens is 1. The largest absolute Gasteiger partial charge is 0.459 e. The molecule has 2 aromatic rings. The Bertz CT molecular complexity index is 942. The van der Waals surface area contributed by atoms with Crippen LogP contribution in [0.15, 0.2) is 59.0 Å². The van der Waals surface area contributed by atoms with E-state index in [2.05, 4.69) is 37.3 Å². The van der Waals surface area contributed by atoms with Gasteiger partial charge in [-0.15, -0.1) is 10.2 Å². The number of rotatable bonds is 9. The van der Waals surface area contributed by atoms with Crippen molar-refractivity contribution < 1.29 is 14.3 Å². The number of anilines is 2. The smallest absolute Gasteiger partial charge is 0.239 e. The summed E-state index contributed by atoms with van der Waals surface area (Å²) in [5, 5.41) is 13.9. The van der Waals surface area contributed by atoms with Crippen molar-refractivity contribution in [2.24, 2.45) is 10.2 Å². The second-order valence-electron chi connectivity index (χ2n) is 6.88. The molecule has 0 radical (unpaired) electrons. The highest BCUT2D eigenvalue weighted by molar-refractivity contribution is 5.91. The van der Waals surface area contributed by atoms with E-state index < -0.39 is 0 Å². The quantitative estimate of drug-likeness (QED) is 0.416. The average molecular weight is 425 g/mol. The van der Waals surface area contributed by atoms with Gasteiger partial charge in [0.05, 0.1) is 26.3 Å². The number of nitrogens with two attached hydrogens (primary N) is 1. The fourth-order valence-corrected chi connectivity index (χ4v) is 2.90. The van der Waals surface area contributed by atoms with Crippen molar-refractivity contribution in [2.45, 2.75) is 0 Å². The van der Waals surface area contributed by atoms with Crippen molar-refractivity contribution >= 4 is 28.9 Å². The molecule has 4 N–H and O–H groups in total. The van der Waals surface area contributed by atoms with Crippen LogP contribution in [-0.4, -0.2) is 62.2 Å².